The fraction of sp³-hybridized carbons (Fsp3) is 0.462. The number of fused-ring (bicyclic) bond motifs is 1. The first kappa shape index (κ1) is 9.70. The molecule has 1 aliphatic carbocycles. The zero-order valence-corrected chi connectivity index (χ0v) is 9.53. The van der Waals surface area contributed by atoms with Crippen molar-refractivity contribution in [2.75, 3.05) is 5.32 Å². The second-order valence-electron chi connectivity index (χ2n) is 4.83. The van der Waals surface area contributed by atoms with Gasteiger partial charge in [-0.15, -0.1) is 0 Å². The van der Waals surface area contributed by atoms with Gasteiger partial charge in [0, 0.05) is 17.1 Å². The van der Waals surface area contributed by atoms with E-state index in [1.165, 1.54) is 30.3 Å². The Hall–Kier alpha value is -1.51. The standard InChI is InChI=1S/C13H17N3/c1-9-3-2-4-12(9)15-11-6-5-10-8-14-16-13(10)7-11/h5-9,12,15H,2-4H2,1H3,(H,14,16). The van der Waals surface area contributed by atoms with Gasteiger partial charge >= 0.3 is 0 Å². The van der Waals surface area contributed by atoms with Crippen LogP contribution in [0.25, 0.3) is 10.9 Å². The predicted octanol–water partition coefficient (Wildman–Crippen LogP) is 3.16. The molecule has 84 valence electrons. The van der Waals surface area contributed by atoms with Crippen molar-refractivity contribution in [3.63, 3.8) is 0 Å². The van der Waals surface area contributed by atoms with Crippen LogP contribution in [-0.2, 0) is 0 Å². The molecule has 0 aliphatic heterocycles. The van der Waals surface area contributed by atoms with E-state index in [0.717, 1.165) is 11.4 Å². The van der Waals surface area contributed by atoms with Crippen molar-refractivity contribution in [3.8, 4) is 0 Å². The van der Waals surface area contributed by atoms with Crippen LogP contribution >= 0.6 is 0 Å². The maximum atomic E-state index is 4.04. The molecule has 2 atom stereocenters. The smallest absolute Gasteiger partial charge is 0.0670 e. The Morgan fingerprint density at radius 2 is 2.31 bits per heavy atom. The van der Waals surface area contributed by atoms with Crippen molar-refractivity contribution in [3.05, 3.63) is 24.4 Å². The molecule has 1 aromatic heterocycles. The van der Waals surface area contributed by atoms with Gasteiger partial charge in [-0.2, -0.15) is 5.10 Å². The van der Waals surface area contributed by atoms with Crippen molar-refractivity contribution < 1.29 is 0 Å². The number of hydrogen-bond donors (Lipinski definition) is 2. The first-order chi connectivity index (χ1) is 7.83. The Balaban J connectivity index is 1.83. The number of aromatic amines is 1. The lowest BCUT2D eigenvalue weighted by Gasteiger charge is -2.18. The van der Waals surface area contributed by atoms with Gasteiger partial charge < -0.3 is 5.32 Å². The molecule has 0 bridgehead atoms. The Kier molecular flexibility index (Phi) is 2.31. The Bertz CT molecular complexity index is 489. The number of aromatic nitrogens is 2. The number of benzene rings is 1. The summed E-state index contributed by atoms with van der Waals surface area (Å²) in [5.41, 5.74) is 2.31. The molecule has 3 heteroatoms. The van der Waals surface area contributed by atoms with E-state index >= 15 is 0 Å². The van der Waals surface area contributed by atoms with Crippen LogP contribution in [0.5, 0.6) is 0 Å². The van der Waals surface area contributed by atoms with Gasteiger partial charge in [0.05, 0.1) is 11.7 Å². The van der Waals surface area contributed by atoms with Gasteiger partial charge in [0.15, 0.2) is 0 Å². The summed E-state index contributed by atoms with van der Waals surface area (Å²) in [7, 11) is 0. The monoisotopic (exact) mass is 215 g/mol. The molecule has 1 aromatic carbocycles. The van der Waals surface area contributed by atoms with Crippen molar-refractivity contribution in [1.29, 1.82) is 0 Å². The molecule has 1 heterocycles. The molecule has 2 aromatic rings. The van der Waals surface area contributed by atoms with Crippen LogP contribution in [0.4, 0.5) is 5.69 Å². The van der Waals surface area contributed by atoms with Crippen molar-refractivity contribution in [2.24, 2.45) is 5.92 Å². The zero-order valence-electron chi connectivity index (χ0n) is 9.53. The van der Waals surface area contributed by atoms with E-state index in [4.69, 9.17) is 0 Å². The number of nitrogens with one attached hydrogen (secondary N) is 2. The van der Waals surface area contributed by atoms with Gasteiger partial charge in [0.2, 0.25) is 0 Å². The van der Waals surface area contributed by atoms with Crippen molar-refractivity contribution >= 4 is 16.6 Å². The molecular formula is C13H17N3. The highest BCUT2D eigenvalue weighted by Crippen LogP contribution is 2.28. The molecule has 16 heavy (non-hydrogen) atoms. The van der Waals surface area contributed by atoms with Gasteiger partial charge in [-0.05, 0) is 37.0 Å². The van der Waals surface area contributed by atoms with Crippen LogP contribution in [0.3, 0.4) is 0 Å². The second-order valence-corrected chi connectivity index (χ2v) is 4.83. The average Bonchev–Trinajstić information content (AvgIpc) is 2.88. The molecule has 3 rings (SSSR count). The molecule has 1 fully saturated rings. The normalized spacial score (nSPS) is 25.1. The van der Waals surface area contributed by atoms with E-state index in [-0.39, 0.29) is 0 Å². The van der Waals surface area contributed by atoms with Gasteiger partial charge in [-0.3, -0.25) is 5.10 Å². The Morgan fingerprint density at radius 1 is 1.38 bits per heavy atom. The largest absolute Gasteiger partial charge is 0.382 e. The van der Waals surface area contributed by atoms with Crippen molar-refractivity contribution in [1.82, 2.24) is 10.2 Å². The van der Waals surface area contributed by atoms with Crippen LogP contribution in [0.1, 0.15) is 26.2 Å². The van der Waals surface area contributed by atoms with E-state index in [0.29, 0.717) is 6.04 Å². The minimum Gasteiger partial charge on any atom is -0.382 e. The molecule has 0 amide bonds. The number of rotatable bonds is 2. The summed E-state index contributed by atoms with van der Waals surface area (Å²) >= 11 is 0. The lowest BCUT2D eigenvalue weighted by molar-refractivity contribution is 0.556. The SMILES string of the molecule is CC1CCCC1Nc1ccc2cn[nH]c2c1. The van der Waals surface area contributed by atoms with Crippen LogP contribution in [-0.4, -0.2) is 16.2 Å². The van der Waals surface area contributed by atoms with Crippen LogP contribution in [0.2, 0.25) is 0 Å². The zero-order chi connectivity index (χ0) is 11.0. The van der Waals surface area contributed by atoms with Gasteiger partial charge in [-0.25, -0.2) is 0 Å². The fourth-order valence-electron chi connectivity index (χ4n) is 2.60. The summed E-state index contributed by atoms with van der Waals surface area (Å²) < 4.78 is 0. The lowest BCUT2D eigenvalue weighted by atomic mass is 10.1. The maximum Gasteiger partial charge on any atom is 0.0670 e. The van der Waals surface area contributed by atoms with E-state index in [1.807, 2.05) is 6.20 Å². The van der Waals surface area contributed by atoms with E-state index in [1.54, 1.807) is 0 Å². The summed E-state index contributed by atoms with van der Waals surface area (Å²) in [5, 5.41) is 11.8. The lowest BCUT2D eigenvalue weighted by Crippen LogP contribution is -2.21. The van der Waals surface area contributed by atoms with Gasteiger partial charge in [0.25, 0.3) is 0 Å². The molecular weight excluding hydrogens is 198 g/mol. The molecule has 0 radical (unpaired) electrons. The molecule has 0 spiro atoms. The highest BCUT2D eigenvalue weighted by Gasteiger charge is 2.22. The quantitative estimate of drug-likeness (QED) is 0.807. The topological polar surface area (TPSA) is 40.7 Å². The van der Waals surface area contributed by atoms with Gasteiger partial charge in [-0.1, -0.05) is 13.3 Å². The highest BCUT2D eigenvalue weighted by molar-refractivity contribution is 5.81. The third-order valence-corrected chi connectivity index (χ3v) is 3.66. The number of nitrogens with zero attached hydrogens (tertiary/aromatic N) is 1. The summed E-state index contributed by atoms with van der Waals surface area (Å²) in [4.78, 5) is 0. The molecule has 1 aliphatic rings. The fourth-order valence-corrected chi connectivity index (χ4v) is 2.60. The summed E-state index contributed by atoms with van der Waals surface area (Å²) in [5.74, 6) is 0.789. The van der Waals surface area contributed by atoms with Crippen LogP contribution < -0.4 is 5.32 Å². The molecule has 0 saturated heterocycles. The van der Waals surface area contributed by atoms with Crippen molar-refractivity contribution in [2.45, 2.75) is 32.2 Å². The first-order valence-corrected chi connectivity index (χ1v) is 6.02. The van der Waals surface area contributed by atoms with E-state index < -0.39 is 0 Å². The number of H-pyrrole nitrogens is 1. The Morgan fingerprint density at radius 3 is 3.12 bits per heavy atom. The predicted molar refractivity (Wildman–Crippen MR) is 66.5 cm³/mol. The molecule has 3 nitrogen and oxygen atoms in total. The second kappa shape index (κ2) is 3.81. The minimum atomic E-state index is 0.639. The number of hydrogen-bond acceptors (Lipinski definition) is 2. The van der Waals surface area contributed by atoms with Crippen LogP contribution in [0, 0.1) is 5.92 Å². The summed E-state index contributed by atoms with van der Waals surface area (Å²) in [6.07, 6.45) is 5.86. The third-order valence-electron chi connectivity index (χ3n) is 3.66. The molecule has 2 unspecified atom stereocenters. The Labute approximate surface area is 95.2 Å². The first-order valence-electron chi connectivity index (χ1n) is 6.02. The van der Waals surface area contributed by atoms with E-state index in [9.17, 15) is 0 Å². The summed E-state index contributed by atoms with van der Waals surface area (Å²) in [6, 6.07) is 7.04. The molecule has 1 saturated carbocycles. The number of anilines is 1. The van der Waals surface area contributed by atoms with Gasteiger partial charge in [0.1, 0.15) is 0 Å². The summed E-state index contributed by atoms with van der Waals surface area (Å²) in [6.45, 7) is 2.33. The average molecular weight is 215 g/mol. The van der Waals surface area contributed by atoms with Crippen LogP contribution in [0.15, 0.2) is 24.4 Å². The van der Waals surface area contributed by atoms with E-state index in [2.05, 4.69) is 40.6 Å². The third kappa shape index (κ3) is 1.66. The maximum absolute atomic E-state index is 4.04. The highest BCUT2D eigenvalue weighted by atomic mass is 15.1. The molecule has 2 N–H and O–H groups in total. The minimum absolute atomic E-state index is 0.639.